The smallest absolute Gasteiger partial charge is 0.312 e. The number of rotatable bonds is 5. The Morgan fingerprint density at radius 1 is 1.14 bits per heavy atom. The summed E-state index contributed by atoms with van der Waals surface area (Å²) >= 11 is 0. The minimum atomic E-state index is -0.695. The van der Waals surface area contributed by atoms with Gasteiger partial charge in [-0.3, -0.25) is 14.4 Å². The van der Waals surface area contributed by atoms with E-state index >= 15 is 0 Å². The van der Waals surface area contributed by atoms with E-state index in [0.717, 1.165) is 6.42 Å². The van der Waals surface area contributed by atoms with Crippen molar-refractivity contribution in [2.24, 2.45) is 0 Å². The van der Waals surface area contributed by atoms with Crippen LogP contribution in [0.2, 0.25) is 0 Å². The molecule has 1 aromatic rings. The summed E-state index contributed by atoms with van der Waals surface area (Å²) in [6.07, 6.45) is 0.771. The lowest BCUT2D eigenvalue weighted by atomic mass is 10.1. The number of carbonyl (C=O) groups is 3. The van der Waals surface area contributed by atoms with Crippen LogP contribution in [-0.4, -0.2) is 53.6 Å². The molecule has 0 unspecified atom stereocenters. The van der Waals surface area contributed by atoms with Crippen LogP contribution in [0.5, 0.6) is 0 Å². The van der Waals surface area contributed by atoms with E-state index < -0.39 is 23.4 Å². The van der Waals surface area contributed by atoms with Crippen LogP contribution in [0.25, 0.3) is 0 Å². The van der Waals surface area contributed by atoms with Crippen molar-refractivity contribution < 1.29 is 18.8 Å². The second-order valence-corrected chi connectivity index (χ2v) is 4.92. The van der Waals surface area contributed by atoms with Crippen LogP contribution in [0.1, 0.15) is 23.7 Å². The maximum atomic E-state index is 13.5. The van der Waals surface area contributed by atoms with Crippen LogP contribution in [0.3, 0.4) is 0 Å². The van der Waals surface area contributed by atoms with Gasteiger partial charge in [-0.1, -0.05) is 19.1 Å². The molecule has 0 spiro atoms. The van der Waals surface area contributed by atoms with E-state index in [-0.39, 0.29) is 12.1 Å². The van der Waals surface area contributed by atoms with Crippen LogP contribution in [0, 0.1) is 5.82 Å². The SMILES string of the molecule is CCCN1CCN(CC(=O)c2ccccc2F)C(=O)C1=O. The normalized spacial score (nSPS) is 15.5. The van der Waals surface area contributed by atoms with Gasteiger partial charge in [0.1, 0.15) is 5.82 Å². The first kappa shape index (κ1) is 15.2. The third-order valence-corrected chi connectivity index (χ3v) is 3.40. The molecule has 1 aromatic carbocycles. The van der Waals surface area contributed by atoms with Gasteiger partial charge in [0.25, 0.3) is 0 Å². The molecule has 1 saturated heterocycles. The monoisotopic (exact) mass is 292 g/mol. The zero-order valence-electron chi connectivity index (χ0n) is 11.8. The van der Waals surface area contributed by atoms with Gasteiger partial charge in [-0.2, -0.15) is 0 Å². The van der Waals surface area contributed by atoms with E-state index in [1.165, 1.54) is 28.0 Å². The maximum Gasteiger partial charge on any atom is 0.312 e. The number of nitrogens with zero attached hydrogens (tertiary/aromatic N) is 2. The summed E-state index contributed by atoms with van der Waals surface area (Å²) in [5.41, 5.74) is -0.0614. The van der Waals surface area contributed by atoms with Crippen LogP contribution in [0.4, 0.5) is 4.39 Å². The van der Waals surface area contributed by atoms with Crippen molar-refractivity contribution in [2.45, 2.75) is 13.3 Å². The predicted octanol–water partition coefficient (Wildman–Crippen LogP) is 1.09. The quantitative estimate of drug-likeness (QED) is 0.603. The Hall–Kier alpha value is -2.24. The van der Waals surface area contributed by atoms with Gasteiger partial charge in [-0.15, -0.1) is 0 Å². The summed E-state index contributed by atoms with van der Waals surface area (Å²) in [6, 6.07) is 5.61. The van der Waals surface area contributed by atoms with Gasteiger partial charge >= 0.3 is 11.8 Å². The number of piperazine rings is 1. The summed E-state index contributed by atoms with van der Waals surface area (Å²) in [5.74, 6) is -2.41. The van der Waals surface area contributed by atoms with Crippen molar-refractivity contribution in [1.29, 1.82) is 0 Å². The molecule has 2 amide bonds. The Morgan fingerprint density at radius 3 is 2.43 bits per heavy atom. The summed E-state index contributed by atoms with van der Waals surface area (Å²) < 4.78 is 13.5. The summed E-state index contributed by atoms with van der Waals surface area (Å²) in [6.45, 7) is 2.88. The minimum Gasteiger partial charge on any atom is -0.333 e. The van der Waals surface area contributed by atoms with Gasteiger partial charge < -0.3 is 9.80 Å². The lowest BCUT2D eigenvalue weighted by Crippen LogP contribution is -2.55. The molecule has 112 valence electrons. The van der Waals surface area contributed by atoms with Gasteiger partial charge in [-0.05, 0) is 18.6 Å². The number of Topliss-reactive ketones (excluding diaryl/α,β-unsaturated/α-hetero) is 1. The van der Waals surface area contributed by atoms with Gasteiger partial charge in [0.15, 0.2) is 5.78 Å². The first-order valence-corrected chi connectivity index (χ1v) is 6.90. The number of hydrogen-bond acceptors (Lipinski definition) is 3. The molecule has 0 saturated carbocycles. The number of benzene rings is 1. The highest BCUT2D eigenvalue weighted by Crippen LogP contribution is 2.11. The fraction of sp³-hybridized carbons (Fsp3) is 0.400. The molecule has 1 aliphatic rings. The highest BCUT2D eigenvalue weighted by molar-refractivity contribution is 6.35. The molecule has 2 rings (SSSR count). The number of halogens is 1. The molecule has 0 aromatic heterocycles. The highest BCUT2D eigenvalue weighted by Gasteiger charge is 2.33. The number of amides is 2. The summed E-state index contributed by atoms with van der Waals surface area (Å²) in [5, 5.41) is 0. The Kier molecular flexibility index (Phi) is 4.67. The fourth-order valence-electron chi connectivity index (χ4n) is 2.30. The van der Waals surface area contributed by atoms with Crippen molar-refractivity contribution in [3.05, 3.63) is 35.6 Å². The Morgan fingerprint density at radius 2 is 1.76 bits per heavy atom. The third kappa shape index (κ3) is 3.26. The molecule has 5 nitrogen and oxygen atoms in total. The van der Waals surface area contributed by atoms with E-state index in [4.69, 9.17) is 0 Å². The lowest BCUT2D eigenvalue weighted by molar-refractivity contribution is -0.155. The van der Waals surface area contributed by atoms with Crippen molar-refractivity contribution in [2.75, 3.05) is 26.2 Å². The molecule has 0 bridgehead atoms. The second kappa shape index (κ2) is 6.47. The van der Waals surface area contributed by atoms with Crippen LogP contribution in [-0.2, 0) is 9.59 Å². The Balaban J connectivity index is 2.04. The lowest BCUT2D eigenvalue weighted by Gasteiger charge is -2.33. The number of carbonyl (C=O) groups excluding carboxylic acids is 3. The zero-order chi connectivity index (χ0) is 15.4. The molecule has 0 N–H and O–H groups in total. The van der Waals surface area contributed by atoms with E-state index in [1.54, 1.807) is 6.07 Å². The third-order valence-electron chi connectivity index (χ3n) is 3.40. The standard InChI is InChI=1S/C15H17FN2O3/c1-2-7-17-8-9-18(15(21)14(17)20)10-13(19)11-5-3-4-6-12(11)16/h3-6H,2,7-10H2,1H3. The predicted molar refractivity (Wildman–Crippen MR) is 74.2 cm³/mol. The average molecular weight is 292 g/mol. The van der Waals surface area contributed by atoms with Crippen molar-refractivity contribution >= 4 is 17.6 Å². The van der Waals surface area contributed by atoms with E-state index in [1.807, 2.05) is 6.92 Å². The number of ketones is 1. The fourth-order valence-corrected chi connectivity index (χ4v) is 2.30. The van der Waals surface area contributed by atoms with Crippen LogP contribution in [0.15, 0.2) is 24.3 Å². The molecular weight excluding hydrogens is 275 g/mol. The molecule has 1 fully saturated rings. The summed E-state index contributed by atoms with van der Waals surface area (Å²) in [4.78, 5) is 38.5. The molecule has 0 atom stereocenters. The molecule has 0 radical (unpaired) electrons. The van der Waals surface area contributed by atoms with Gasteiger partial charge in [0.2, 0.25) is 0 Å². The van der Waals surface area contributed by atoms with Gasteiger partial charge in [-0.25, -0.2) is 4.39 Å². The molecule has 21 heavy (non-hydrogen) atoms. The van der Waals surface area contributed by atoms with Crippen molar-refractivity contribution in [1.82, 2.24) is 9.80 Å². The first-order chi connectivity index (χ1) is 10.0. The molecule has 1 heterocycles. The van der Waals surface area contributed by atoms with Crippen LogP contribution < -0.4 is 0 Å². The Bertz CT molecular complexity index is 574. The van der Waals surface area contributed by atoms with Crippen LogP contribution >= 0.6 is 0 Å². The highest BCUT2D eigenvalue weighted by atomic mass is 19.1. The topological polar surface area (TPSA) is 57.7 Å². The van der Waals surface area contributed by atoms with Gasteiger partial charge in [0, 0.05) is 19.6 Å². The largest absolute Gasteiger partial charge is 0.333 e. The summed E-state index contributed by atoms with van der Waals surface area (Å²) in [7, 11) is 0. The van der Waals surface area contributed by atoms with E-state index in [0.29, 0.717) is 19.6 Å². The maximum absolute atomic E-state index is 13.5. The first-order valence-electron chi connectivity index (χ1n) is 6.90. The van der Waals surface area contributed by atoms with Crippen molar-refractivity contribution in [3.8, 4) is 0 Å². The zero-order valence-corrected chi connectivity index (χ0v) is 11.8. The number of hydrogen-bond donors (Lipinski definition) is 0. The van der Waals surface area contributed by atoms with E-state index in [9.17, 15) is 18.8 Å². The average Bonchev–Trinajstić information content (AvgIpc) is 2.47. The molecule has 0 aliphatic carbocycles. The molecular formula is C15H17FN2O3. The van der Waals surface area contributed by atoms with Gasteiger partial charge in [0.05, 0.1) is 12.1 Å². The molecule has 1 aliphatic heterocycles. The second-order valence-electron chi connectivity index (χ2n) is 4.92. The van der Waals surface area contributed by atoms with E-state index in [2.05, 4.69) is 0 Å². The minimum absolute atomic E-state index is 0.0614. The Labute approximate surface area is 122 Å². The van der Waals surface area contributed by atoms with Crippen molar-refractivity contribution in [3.63, 3.8) is 0 Å². The molecule has 6 heteroatoms.